The lowest BCUT2D eigenvalue weighted by molar-refractivity contribution is -0.136. The van der Waals surface area contributed by atoms with Gasteiger partial charge < -0.3 is 23.8 Å². The van der Waals surface area contributed by atoms with Gasteiger partial charge in [-0.05, 0) is 48.7 Å². The quantitative estimate of drug-likeness (QED) is 0.781. The van der Waals surface area contributed by atoms with Crippen LogP contribution in [-0.4, -0.2) is 44.8 Å². The van der Waals surface area contributed by atoms with Gasteiger partial charge in [0.25, 0.3) is 5.91 Å². The summed E-state index contributed by atoms with van der Waals surface area (Å²) >= 11 is 0. The molecule has 1 amide bonds. The third-order valence-corrected chi connectivity index (χ3v) is 4.83. The number of amides is 1. The maximum atomic E-state index is 12.8. The van der Waals surface area contributed by atoms with Crippen molar-refractivity contribution in [3.8, 4) is 23.0 Å². The topological polar surface area (TPSA) is 57.2 Å². The highest BCUT2D eigenvalue weighted by atomic mass is 16.5. The summed E-state index contributed by atoms with van der Waals surface area (Å²) < 4.78 is 21.7. The van der Waals surface area contributed by atoms with E-state index < -0.39 is 0 Å². The second-order valence-corrected chi connectivity index (χ2v) is 6.49. The van der Waals surface area contributed by atoms with E-state index in [1.165, 1.54) is 5.56 Å². The zero-order valence-corrected chi connectivity index (χ0v) is 16.2. The molecule has 0 aliphatic carbocycles. The molecule has 3 rings (SSSR count). The molecule has 1 atom stereocenters. The monoisotopic (exact) mass is 371 g/mol. The van der Waals surface area contributed by atoms with Crippen LogP contribution in [0.15, 0.2) is 36.4 Å². The average Bonchev–Trinajstić information content (AvgIpc) is 2.70. The van der Waals surface area contributed by atoms with Crippen molar-refractivity contribution in [3.63, 3.8) is 0 Å². The number of hydrogen-bond donors (Lipinski definition) is 0. The molecule has 1 aliphatic heterocycles. The third-order valence-electron chi connectivity index (χ3n) is 4.83. The van der Waals surface area contributed by atoms with Crippen LogP contribution in [-0.2, 0) is 17.8 Å². The number of carbonyl (C=O) groups excluding carboxylic acids is 1. The molecule has 2 aromatic rings. The number of rotatable bonds is 6. The minimum absolute atomic E-state index is 0.0344. The van der Waals surface area contributed by atoms with Gasteiger partial charge in [0, 0.05) is 12.6 Å². The summed E-state index contributed by atoms with van der Waals surface area (Å²) in [5.41, 5.74) is 2.24. The Bertz CT molecular complexity index is 820. The van der Waals surface area contributed by atoms with E-state index in [4.69, 9.17) is 18.9 Å². The van der Waals surface area contributed by atoms with Crippen molar-refractivity contribution in [3.05, 3.63) is 47.5 Å². The van der Waals surface area contributed by atoms with Crippen LogP contribution in [0.4, 0.5) is 0 Å². The maximum absolute atomic E-state index is 12.8. The fourth-order valence-corrected chi connectivity index (χ4v) is 3.36. The second kappa shape index (κ2) is 8.20. The van der Waals surface area contributed by atoms with E-state index in [1.807, 2.05) is 36.1 Å². The zero-order chi connectivity index (χ0) is 19.4. The van der Waals surface area contributed by atoms with E-state index in [0.29, 0.717) is 29.5 Å². The lowest BCUT2D eigenvalue weighted by Crippen LogP contribution is -2.44. The summed E-state index contributed by atoms with van der Waals surface area (Å²) in [4.78, 5) is 14.6. The van der Waals surface area contributed by atoms with Gasteiger partial charge >= 0.3 is 0 Å². The number of benzene rings is 2. The van der Waals surface area contributed by atoms with Crippen molar-refractivity contribution < 1.29 is 23.7 Å². The highest BCUT2D eigenvalue weighted by Gasteiger charge is 2.28. The van der Waals surface area contributed by atoms with Gasteiger partial charge in [-0.2, -0.15) is 0 Å². The second-order valence-electron chi connectivity index (χ2n) is 6.49. The highest BCUT2D eigenvalue weighted by molar-refractivity contribution is 5.78. The van der Waals surface area contributed by atoms with Gasteiger partial charge in [-0.1, -0.05) is 12.1 Å². The Morgan fingerprint density at radius 3 is 2.19 bits per heavy atom. The molecule has 6 nitrogen and oxygen atoms in total. The van der Waals surface area contributed by atoms with Crippen molar-refractivity contribution in [1.29, 1.82) is 0 Å². The van der Waals surface area contributed by atoms with Crippen molar-refractivity contribution in [1.82, 2.24) is 4.90 Å². The highest BCUT2D eigenvalue weighted by Crippen LogP contribution is 2.34. The summed E-state index contributed by atoms with van der Waals surface area (Å²) in [5, 5.41) is 0. The van der Waals surface area contributed by atoms with Crippen LogP contribution >= 0.6 is 0 Å². The van der Waals surface area contributed by atoms with Crippen LogP contribution in [0.5, 0.6) is 23.0 Å². The van der Waals surface area contributed by atoms with Gasteiger partial charge in [-0.15, -0.1) is 0 Å². The lowest BCUT2D eigenvalue weighted by Gasteiger charge is -2.35. The summed E-state index contributed by atoms with van der Waals surface area (Å²) in [7, 11) is 4.82. The first-order valence-corrected chi connectivity index (χ1v) is 8.86. The Morgan fingerprint density at radius 2 is 1.56 bits per heavy atom. The fraction of sp³-hybridized carbons (Fsp3) is 0.381. The standard InChI is InChI=1S/C21H25NO5/c1-14-9-15-10-19(25-3)20(26-4)11-16(15)12-22(14)21(23)13-27-18-8-6-5-7-17(18)24-2/h5-8,10-11,14H,9,12-13H2,1-4H3. The van der Waals surface area contributed by atoms with Crippen LogP contribution in [0.3, 0.4) is 0 Å². The number of fused-ring (bicyclic) bond motifs is 1. The van der Waals surface area contributed by atoms with Gasteiger partial charge in [0.1, 0.15) is 0 Å². The van der Waals surface area contributed by atoms with E-state index in [-0.39, 0.29) is 18.6 Å². The van der Waals surface area contributed by atoms with Crippen LogP contribution < -0.4 is 18.9 Å². The van der Waals surface area contributed by atoms with Crippen molar-refractivity contribution in [2.24, 2.45) is 0 Å². The minimum atomic E-state index is -0.0613. The largest absolute Gasteiger partial charge is 0.493 e. The van der Waals surface area contributed by atoms with Gasteiger partial charge in [0.15, 0.2) is 29.6 Å². The molecular formula is C21H25NO5. The number of hydrogen-bond acceptors (Lipinski definition) is 5. The Labute approximate surface area is 159 Å². The molecular weight excluding hydrogens is 346 g/mol. The molecule has 0 fully saturated rings. The molecule has 1 heterocycles. The van der Waals surface area contributed by atoms with E-state index in [2.05, 4.69) is 0 Å². The molecule has 0 N–H and O–H groups in total. The van der Waals surface area contributed by atoms with Crippen LogP contribution in [0, 0.1) is 0 Å². The number of para-hydroxylation sites is 2. The Hall–Kier alpha value is -2.89. The minimum Gasteiger partial charge on any atom is -0.493 e. The summed E-state index contributed by atoms with van der Waals surface area (Å²) in [6, 6.07) is 11.3. The zero-order valence-electron chi connectivity index (χ0n) is 16.2. The Balaban J connectivity index is 1.73. The van der Waals surface area contributed by atoms with Crippen LogP contribution in [0.2, 0.25) is 0 Å². The van der Waals surface area contributed by atoms with Gasteiger partial charge in [0.2, 0.25) is 0 Å². The van der Waals surface area contributed by atoms with Crippen molar-refractivity contribution in [2.45, 2.75) is 25.9 Å². The van der Waals surface area contributed by atoms with Crippen LogP contribution in [0.25, 0.3) is 0 Å². The van der Waals surface area contributed by atoms with Gasteiger partial charge in [-0.3, -0.25) is 4.79 Å². The molecule has 0 spiro atoms. The average molecular weight is 371 g/mol. The first-order chi connectivity index (χ1) is 13.1. The molecule has 0 saturated carbocycles. The molecule has 0 saturated heterocycles. The predicted octanol–water partition coefficient (Wildman–Crippen LogP) is 3.06. The van der Waals surface area contributed by atoms with Gasteiger partial charge in [0.05, 0.1) is 21.3 Å². The van der Waals surface area contributed by atoms with E-state index >= 15 is 0 Å². The fourth-order valence-electron chi connectivity index (χ4n) is 3.36. The molecule has 2 aromatic carbocycles. The number of nitrogens with zero attached hydrogens (tertiary/aromatic N) is 1. The molecule has 6 heteroatoms. The van der Waals surface area contributed by atoms with Crippen molar-refractivity contribution in [2.75, 3.05) is 27.9 Å². The first kappa shape index (κ1) is 18.9. The summed E-state index contributed by atoms with van der Waals surface area (Å²) in [6.45, 7) is 2.53. The Kier molecular flexibility index (Phi) is 5.74. The molecule has 0 bridgehead atoms. The SMILES string of the molecule is COc1cc2c(cc1OC)CN(C(=O)COc1ccccc1OC)C(C)C2. The predicted molar refractivity (Wildman–Crippen MR) is 102 cm³/mol. The normalized spacial score (nSPS) is 15.7. The lowest BCUT2D eigenvalue weighted by atomic mass is 9.94. The first-order valence-electron chi connectivity index (χ1n) is 8.86. The van der Waals surface area contributed by atoms with Crippen molar-refractivity contribution >= 4 is 5.91 Å². The molecule has 0 aromatic heterocycles. The molecule has 27 heavy (non-hydrogen) atoms. The number of methoxy groups -OCH3 is 3. The summed E-state index contributed by atoms with van der Waals surface area (Å²) in [5.74, 6) is 2.49. The Morgan fingerprint density at radius 1 is 0.963 bits per heavy atom. The maximum Gasteiger partial charge on any atom is 0.261 e. The number of ether oxygens (including phenoxy) is 4. The smallest absolute Gasteiger partial charge is 0.261 e. The molecule has 144 valence electrons. The number of carbonyl (C=O) groups is 1. The molecule has 1 aliphatic rings. The third kappa shape index (κ3) is 3.94. The van der Waals surface area contributed by atoms with E-state index in [9.17, 15) is 4.79 Å². The molecule has 1 unspecified atom stereocenters. The van der Waals surface area contributed by atoms with E-state index in [0.717, 1.165) is 12.0 Å². The van der Waals surface area contributed by atoms with Crippen LogP contribution in [0.1, 0.15) is 18.1 Å². The molecule has 0 radical (unpaired) electrons. The van der Waals surface area contributed by atoms with Gasteiger partial charge in [-0.25, -0.2) is 0 Å². The van der Waals surface area contributed by atoms with E-state index in [1.54, 1.807) is 33.5 Å². The summed E-state index contributed by atoms with van der Waals surface area (Å²) in [6.07, 6.45) is 0.760.